The number of esters is 1. The van der Waals surface area contributed by atoms with E-state index in [0.717, 1.165) is 32.1 Å². The smallest absolute Gasteiger partial charge is 0.306 e. The average molecular weight is 535 g/mol. The van der Waals surface area contributed by atoms with E-state index in [4.69, 9.17) is 9.84 Å². The van der Waals surface area contributed by atoms with Gasteiger partial charge in [-0.15, -0.1) is 0 Å². The van der Waals surface area contributed by atoms with E-state index < -0.39 is 5.97 Å². The zero-order valence-corrected chi connectivity index (χ0v) is 25.2. The number of carboxylic acid groups (broad SMARTS) is 1. The Hall–Kier alpha value is -1.58. The summed E-state index contributed by atoms with van der Waals surface area (Å²) in [7, 11) is 0. The molecule has 0 spiro atoms. The molecule has 1 unspecified atom stereocenters. The Kier molecular flexibility index (Phi) is 28.7. The summed E-state index contributed by atoms with van der Waals surface area (Å²) in [4.78, 5) is 23.2. The summed E-state index contributed by atoms with van der Waals surface area (Å²) in [6, 6.07) is 0. The van der Waals surface area contributed by atoms with Crippen LogP contribution in [0.1, 0.15) is 174 Å². The van der Waals surface area contributed by atoms with E-state index in [1.807, 2.05) is 0 Å². The summed E-state index contributed by atoms with van der Waals surface area (Å²) in [6.45, 7) is 4.47. The van der Waals surface area contributed by atoms with Crippen molar-refractivity contribution in [1.29, 1.82) is 0 Å². The van der Waals surface area contributed by atoms with Crippen LogP contribution < -0.4 is 0 Å². The largest absolute Gasteiger partial charge is 0.481 e. The number of rotatable bonds is 29. The topological polar surface area (TPSA) is 63.6 Å². The Morgan fingerprint density at radius 1 is 0.579 bits per heavy atom. The van der Waals surface area contributed by atoms with Gasteiger partial charge in [0.25, 0.3) is 0 Å². The Bertz CT molecular complexity index is 581. The molecule has 1 N–H and O–H groups in total. The fraction of sp³-hybridized carbons (Fsp3) is 0.824. The van der Waals surface area contributed by atoms with Crippen molar-refractivity contribution in [3.05, 3.63) is 24.3 Å². The molecule has 0 saturated heterocycles. The van der Waals surface area contributed by atoms with Crippen LogP contribution in [-0.2, 0) is 14.3 Å². The van der Waals surface area contributed by atoms with Gasteiger partial charge >= 0.3 is 11.9 Å². The van der Waals surface area contributed by atoms with Gasteiger partial charge in [0.05, 0.1) is 0 Å². The molecular formula is C34H62O4. The fourth-order valence-electron chi connectivity index (χ4n) is 4.75. The third kappa shape index (κ3) is 29.0. The van der Waals surface area contributed by atoms with Crippen LogP contribution in [0, 0.1) is 0 Å². The lowest BCUT2D eigenvalue weighted by Crippen LogP contribution is -2.18. The highest BCUT2D eigenvalue weighted by atomic mass is 16.5. The summed E-state index contributed by atoms with van der Waals surface area (Å²) >= 11 is 0. The van der Waals surface area contributed by atoms with Crippen LogP contribution in [0.3, 0.4) is 0 Å². The maximum atomic E-state index is 12.4. The minimum Gasteiger partial charge on any atom is -0.481 e. The lowest BCUT2D eigenvalue weighted by Gasteiger charge is -2.18. The standard InChI is InChI=1S/C34H62O4/c1-3-5-7-9-11-12-13-14-15-16-17-18-19-20-22-24-26-31-34(37)38-32(29-27-30-33(35)36)28-25-23-21-10-8-6-4-2/h11-12,14-15,32H,3-10,13,16-31H2,1-2H3,(H,35,36)/b12-11-,15-14-. The second-order valence-electron chi connectivity index (χ2n) is 11.0. The molecule has 4 heteroatoms. The molecule has 0 radical (unpaired) electrons. The molecule has 0 aliphatic heterocycles. The zero-order chi connectivity index (χ0) is 27.9. The van der Waals surface area contributed by atoms with Crippen molar-refractivity contribution in [3.8, 4) is 0 Å². The molecule has 0 aliphatic carbocycles. The number of carbonyl (C=O) groups excluding carboxylic acids is 1. The van der Waals surface area contributed by atoms with Crippen LogP contribution >= 0.6 is 0 Å². The van der Waals surface area contributed by atoms with Crippen LogP contribution in [0.25, 0.3) is 0 Å². The quantitative estimate of drug-likeness (QED) is 0.0589. The second-order valence-corrected chi connectivity index (χ2v) is 11.0. The molecule has 0 aromatic heterocycles. The van der Waals surface area contributed by atoms with Gasteiger partial charge in [-0.3, -0.25) is 9.59 Å². The van der Waals surface area contributed by atoms with E-state index in [9.17, 15) is 9.59 Å². The van der Waals surface area contributed by atoms with Gasteiger partial charge in [0.2, 0.25) is 0 Å². The number of hydrogen-bond acceptors (Lipinski definition) is 3. The van der Waals surface area contributed by atoms with Crippen molar-refractivity contribution in [2.75, 3.05) is 0 Å². The van der Waals surface area contributed by atoms with Gasteiger partial charge in [0.1, 0.15) is 6.10 Å². The third-order valence-electron chi connectivity index (χ3n) is 7.18. The Morgan fingerprint density at radius 2 is 1.05 bits per heavy atom. The third-order valence-corrected chi connectivity index (χ3v) is 7.18. The number of carboxylic acids is 1. The Balaban J connectivity index is 3.79. The molecule has 4 nitrogen and oxygen atoms in total. The number of aliphatic carboxylic acids is 1. The van der Waals surface area contributed by atoms with Crippen LogP contribution in [-0.4, -0.2) is 23.1 Å². The lowest BCUT2D eigenvalue weighted by molar-refractivity contribution is -0.150. The number of allylic oxidation sites excluding steroid dienone is 4. The van der Waals surface area contributed by atoms with Crippen LogP contribution in [0.5, 0.6) is 0 Å². The predicted octanol–water partition coefficient (Wildman–Crippen LogP) is 10.9. The molecule has 0 rings (SSSR count). The van der Waals surface area contributed by atoms with E-state index in [2.05, 4.69) is 38.2 Å². The number of carbonyl (C=O) groups is 2. The first-order valence-electron chi connectivity index (χ1n) is 16.3. The Labute approximate surface area is 236 Å². The fourth-order valence-corrected chi connectivity index (χ4v) is 4.75. The SMILES string of the molecule is CCCCC/C=C\C/C=C\CCCCCCCCCC(=O)OC(CCCCCCCCC)CCCC(=O)O. The second kappa shape index (κ2) is 30.0. The summed E-state index contributed by atoms with van der Waals surface area (Å²) in [6.07, 6.45) is 36.1. The van der Waals surface area contributed by atoms with Crippen molar-refractivity contribution in [2.24, 2.45) is 0 Å². The van der Waals surface area contributed by atoms with Crippen LogP contribution in [0.2, 0.25) is 0 Å². The van der Waals surface area contributed by atoms with Gasteiger partial charge in [-0.2, -0.15) is 0 Å². The lowest BCUT2D eigenvalue weighted by atomic mass is 10.0. The Morgan fingerprint density at radius 3 is 1.66 bits per heavy atom. The molecule has 0 aliphatic rings. The molecule has 0 fully saturated rings. The highest BCUT2D eigenvalue weighted by Crippen LogP contribution is 2.17. The van der Waals surface area contributed by atoms with Crippen LogP contribution in [0.15, 0.2) is 24.3 Å². The first kappa shape index (κ1) is 36.4. The normalized spacial score (nSPS) is 12.5. The molecule has 0 aromatic carbocycles. The minimum absolute atomic E-state index is 0.101. The van der Waals surface area contributed by atoms with Gasteiger partial charge in [-0.05, 0) is 64.2 Å². The van der Waals surface area contributed by atoms with Crippen molar-refractivity contribution >= 4 is 11.9 Å². The van der Waals surface area contributed by atoms with Crippen molar-refractivity contribution in [3.63, 3.8) is 0 Å². The predicted molar refractivity (Wildman–Crippen MR) is 163 cm³/mol. The van der Waals surface area contributed by atoms with E-state index in [-0.39, 0.29) is 18.5 Å². The zero-order valence-electron chi connectivity index (χ0n) is 25.2. The molecule has 0 bridgehead atoms. The maximum absolute atomic E-state index is 12.4. The highest BCUT2D eigenvalue weighted by molar-refractivity contribution is 5.69. The van der Waals surface area contributed by atoms with E-state index in [1.165, 1.54) is 103 Å². The van der Waals surface area contributed by atoms with Crippen molar-refractivity contribution in [2.45, 2.75) is 180 Å². The average Bonchev–Trinajstić information content (AvgIpc) is 2.89. The number of hydrogen-bond donors (Lipinski definition) is 1. The number of unbranched alkanes of at least 4 members (excludes halogenated alkanes) is 16. The highest BCUT2D eigenvalue weighted by Gasteiger charge is 2.15. The summed E-state index contributed by atoms with van der Waals surface area (Å²) in [5, 5.41) is 8.93. The van der Waals surface area contributed by atoms with Gasteiger partial charge in [0, 0.05) is 12.8 Å². The molecule has 1 atom stereocenters. The van der Waals surface area contributed by atoms with Gasteiger partial charge < -0.3 is 9.84 Å². The first-order chi connectivity index (χ1) is 18.6. The van der Waals surface area contributed by atoms with Crippen LogP contribution in [0.4, 0.5) is 0 Å². The summed E-state index contributed by atoms with van der Waals surface area (Å²) in [5.74, 6) is -0.876. The molecule has 0 amide bonds. The molecule has 0 saturated carbocycles. The molecule has 38 heavy (non-hydrogen) atoms. The van der Waals surface area contributed by atoms with Gasteiger partial charge in [0.15, 0.2) is 0 Å². The monoisotopic (exact) mass is 534 g/mol. The van der Waals surface area contributed by atoms with Gasteiger partial charge in [-0.1, -0.05) is 122 Å². The van der Waals surface area contributed by atoms with Gasteiger partial charge in [-0.25, -0.2) is 0 Å². The van der Waals surface area contributed by atoms with Crippen molar-refractivity contribution < 1.29 is 19.4 Å². The molecule has 0 heterocycles. The summed E-state index contributed by atoms with van der Waals surface area (Å²) in [5.41, 5.74) is 0. The number of ether oxygens (including phenoxy) is 1. The van der Waals surface area contributed by atoms with Crippen molar-refractivity contribution in [1.82, 2.24) is 0 Å². The first-order valence-corrected chi connectivity index (χ1v) is 16.3. The van der Waals surface area contributed by atoms with E-state index >= 15 is 0 Å². The molecule has 222 valence electrons. The minimum atomic E-state index is -0.775. The van der Waals surface area contributed by atoms with E-state index in [0.29, 0.717) is 19.3 Å². The maximum Gasteiger partial charge on any atom is 0.306 e. The van der Waals surface area contributed by atoms with E-state index in [1.54, 1.807) is 0 Å². The summed E-state index contributed by atoms with van der Waals surface area (Å²) < 4.78 is 5.76. The molecular weight excluding hydrogens is 472 g/mol. The molecule has 0 aromatic rings.